The number of carboxylic acids is 1. The van der Waals surface area contributed by atoms with Gasteiger partial charge < -0.3 is 5.11 Å². The van der Waals surface area contributed by atoms with Gasteiger partial charge in [0.25, 0.3) is 10.0 Å². The van der Waals surface area contributed by atoms with Crippen molar-refractivity contribution in [2.75, 3.05) is 0 Å². The number of hydrogen-bond donors (Lipinski definition) is 3. The molecule has 0 aliphatic heterocycles. The number of aromatic nitrogens is 4. The first-order valence-electron chi connectivity index (χ1n) is 5.40. The highest BCUT2D eigenvalue weighted by atomic mass is 32.2. The molecule has 0 aromatic carbocycles. The summed E-state index contributed by atoms with van der Waals surface area (Å²) in [5, 5.41) is 21.9. The number of carbonyl (C=O) groups is 1. The van der Waals surface area contributed by atoms with Gasteiger partial charge in [-0.3, -0.25) is 0 Å². The molecule has 2 heterocycles. The minimum atomic E-state index is -3.84. The molecular weight excluding hydrogens is 306 g/mol. The van der Waals surface area contributed by atoms with Crippen LogP contribution in [-0.4, -0.2) is 40.1 Å². The molecule has 0 bridgehead atoms. The molecule has 0 amide bonds. The summed E-state index contributed by atoms with van der Waals surface area (Å²) in [7, 11) is -3.84. The molecule has 0 saturated heterocycles. The molecule has 9 nitrogen and oxygen atoms in total. The van der Waals surface area contributed by atoms with E-state index in [1.54, 1.807) is 13.8 Å². The molecule has 0 fully saturated rings. The van der Waals surface area contributed by atoms with Gasteiger partial charge in [-0.05, 0) is 25.5 Å². The van der Waals surface area contributed by atoms with Crippen molar-refractivity contribution in [1.82, 2.24) is 25.3 Å². The number of tetrazole rings is 1. The molecule has 11 heteroatoms. The minimum absolute atomic E-state index is 0.00223. The topological polar surface area (TPSA) is 138 Å². The van der Waals surface area contributed by atoms with Crippen LogP contribution in [0.3, 0.4) is 0 Å². The Hall–Kier alpha value is -1.85. The lowest BCUT2D eigenvalue weighted by Gasteiger charge is -2.08. The lowest BCUT2D eigenvalue weighted by molar-refractivity contribution is 0.0701. The molecule has 1 unspecified atom stereocenters. The molecule has 0 saturated carbocycles. The van der Waals surface area contributed by atoms with Crippen molar-refractivity contribution in [3.8, 4) is 0 Å². The van der Waals surface area contributed by atoms with E-state index in [2.05, 4.69) is 25.3 Å². The van der Waals surface area contributed by atoms with Crippen LogP contribution in [0.4, 0.5) is 0 Å². The predicted octanol–water partition coefficient (Wildman–Crippen LogP) is 0.307. The number of carboxylic acid groups (broad SMARTS) is 1. The van der Waals surface area contributed by atoms with Gasteiger partial charge in [0.15, 0.2) is 5.82 Å². The summed E-state index contributed by atoms with van der Waals surface area (Å²) in [6, 6.07) is 0.633. The second-order valence-corrected chi connectivity index (χ2v) is 6.99. The molecule has 3 N–H and O–H groups in total. The number of thiophene rings is 1. The second-order valence-electron chi connectivity index (χ2n) is 4.00. The zero-order chi connectivity index (χ0) is 14.9. The smallest absolute Gasteiger partial charge is 0.346 e. The fourth-order valence-electron chi connectivity index (χ4n) is 1.49. The van der Waals surface area contributed by atoms with E-state index >= 15 is 0 Å². The number of nitrogens with one attached hydrogen (secondary N) is 2. The highest BCUT2D eigenvalue weighted by Gasteiger charge is 2.25. The standard InChI is InChI=1S/C9H11N5O4S2/c1-4-3-6(19-7(4)9(15)16)20(17,18)12-5(2)8-10-13-14-11-8/h3,5,12H,1-2H3,(H,15,16)(H,10,11,13,14). The molecule has 1 atom stereocenters. The average molecular weight is 317 g/mol. The molecule has 20 heavy (non-hydrogen) atoms. The Labute approximate surface area is 118 Å². The number of aromatic amines is 1. The Balaban J connectivity index is 2.27. The van der Waals surface area contributed by atoms with Gasteiger partial charge in [-0.2, -0.15) is 9.94 Å². The van der Waals surface area contributed by atoms with Gasteiger partial charge in [0.1, 0.15) is 9.09 Å². The summed E-state index contributed by atoms with van der Waals surface area (Å²) >= 11 is 0.700. The first-order valence-corrected chi connectivity index (χ1v) is 7.70. The Morgan fingerprint density at radius 3 is 2.75 bits per heavy atom. The van der Waals surface area contributed by atoms with E-state index in [1.807, 2.05) is 0 Å². The third-order valence-corrected chi connectivity index (χ3v) is 5.67. The van der Waals surface area contributed by atoms with Crippen molar-refractivity contribution < 1.29 is 18.3 Å². The predicted molar refractivity (Wildman–Crippen MR) is 68.9 cm³/mol. The maximum atomic E-state index is 12.1. The van der Waals surface area contributed by atoms with Gasteiger partial charge in [0, 0.05) is 0 Å². The zero-order valence-corrected chi connectivity index (χ0v) is 12.1. The first kappa shape index (κ1) is 14.6. The normalized spacial score (nSPS) is 13.3. The number of H-pyrrole nitrogens is 1. The summed E-state index contributed by atoms with van der Waals surface area (Å²) in [6.07, 6.45) is 0. The van der Waals surface area contributed by atoms with E-state index in [0.29, 0.717) is 16.9 Å². The van der Waals surface area contributed by atoms with Crippen molar-refractivity contribution in [2.45, 2.75) is 24.1 Å². The zero-order valence-electron chi connectivity index (χ0n) is 10.5. The minimum Gasteiger partial charge on any atom is -0.477 e. The van der Waals surface area contributed by atoms with Crippen molar-refractivity contribution >= 4 is 27.3 Å². The summed E-state index contributed by atoms with van der Waals surface area (Å²) in [4.78, 5) is 10.9. The van der Waals surface area contributed by atoms with E-state index in [0.717, 1.165) is 0 Å². The second kappa shape index (κ2) is 5.26. The van der Waals surface area contributed by atoms with E-state index in [-0.39, 0.29) is 14.9 Å². The number of aryl methyl sites for hydroxylation is 1. The van der Waals surface area contributed by atoms with Crippen LogP contribution in [-0.2, 0) is 10.0 Å². The van der Waals surface area contributed by atoms with Gasteiger partial charge in [-0.15, -0.1) is 21.5 Å². The van der Waals surface area contributed by atoms with E-state index in [9.17, 15) is 13.2 Å². The molecule has 2 rings (SSSR count). The van der Waals surface area contributed by atoms with Crippen LogP contribution in [0.1, 0.15) is 34.0 Å². The highest BCUT2D eigenvalue weighted by Crippen LogP contribution is 2.26. The summed E-state index contributed by atoms with van der Waals surface area (Å²) in [5.74, 6) is -0.958. The van der Waals surface area contributed by atoms with Gasteiger partial charge in [0.2, 0.25) is 0 Å². The molecule has 0 radical (unpaired) electrons. The van der Waals surface area contributed by atoms with Crippen molar-refractivity contribution in [1.29, 1.82) is 0 Å². The highest BCUT2D eigenvalue weighted by molar-refractivity contribution is 7.91. The molecular formula is C9H11N5O4S2. The van der Waals surface area contributed by atoms with Crippen LogP contribution in [0.2, 0.25) is 0 Å². The molecule has 108 valence electrons. The summed E-state index contributed by atoms with van der Waals surface area (Å²) in [6.45, 7) is 3.10. The quantitative estimate of drug-likeness (QED) is 0.721. The Morgan fingerprint density at radius 1 is 1.55 bits per heavy atom. The van der Waals surface area contributed by atoms with Crippen LogP contribution >= 0.6 is 11.3 Å². The number of sulfonamides is 1. The SMILES string of the molecule is Cc1cc(S(=O)(=O)NC(C)c2nn[nH]n2)sc1C(=O)O. The van der Waals surface area contributed by atoms with Crippen molar-refractivity contribution in [3.05, 3.63) is 22.3 Å². The number of aromatic carboxylic acids is 1. The maximum absolute atomic E-state index is 12.1. The third kappa shape index (κ3) is 2.84. The lowest BCUT2D eigenvalue weighted by atomic mass is 10.3. The van der Waals surface area contributed by atoms with E-state index < -0.39 is 22.0 Å². The third-order valence-electron chi connectivity index (χ3n) is 2.44. The number of rotatable bonds is 5. The maximum Gasteiger partial charge on any atom is 0.346 e. The Morgan fingerprint density at radius 2 is 2.25 bits per heavy atom. The molecule has 0 aliphatic rings. The first-order chi connectivity index (χ1) is 9.31. The number of hydrogen-bond acceptors (Lipinski definition) is 7. The molecule has 0 spiro atoms. The summed E-state index contributed by atoms with van der Waals surface area (Å²) < 4.78 is 26.6. The molecule has 2 aromatic heterocycles. The monoisotopic (exact) mass is 317 g/mol. The molecule has 0 aliphatic carbocycles. The fraction of sp³-hybridized carbons (Fsp3) is 0.333. The van der Waals surface area contributed by atoms with E-state index in [1.165, 1.54) is 6.07 Å². The van der Waals surface area contributed by atoms with E-state index in [4.69, 9.17) is 5.11 Å². The lowest BCUT2D eigenvalue weighted by Crippen LogP contribution is -2.27. The van der Waals surface area contributed by atoms with Crippen molar-refractivity contribution in [3.63, 3.8) is 0 Å². The number of nitrogens with zero attached hydrogens (tertiary/aromatic N) is 3. The van der Waals surface area contributed by atoms with Crippen LogP contribution < -0.4 is 4.72 Å². The van der Waals surface area contributed by atoms with Gasteiger partial charge in [-0.25, -0.2) is 13.2 Å². The fourth-order valence-corrected chi connectivity index (χ4v) is 4.09. The van der Waals surface area contributed by atoms with Gasteiger partial charge >= 0.3 is 5.97 Å². The van der Waals surface area contributed by atoms with Crippen LogP contribution in [0.15, 0.2) is 10.3 Å². The average Bonchev–Trinajstić information content (AvgIpc) is 2.96. The van der Waals surface area contributed by atoms with Crippen LogP contribution in [0, 0.1) is 6.92 Å². The van der Waals surface area contributed by atoms with Gasteiger partial charge in [0.05, 0.1) is 6.04 Å². The largest absolute Gasteiger partial charge is 0.477 e. The van der Waals surface area contributed by atoms with Crippen LogP contribution in [0.25, 0.3) is 0 Å². The van der Waals surface area contributed by atoms with Crippen LogP contribution in [0.5, 0.6) is 0 Å². The summed E-state index contributed by atoms with van der Waals surface area (Å²) in [5.41, 5.74) is 0.398. The van der Waals surface area contributed by atoms with Crippen molar-refractivity contribution in [2.24, 2.45) is 0 Å². The Bertz CT molecular complexity index is 722. The van der Waals surface area contributed by atoms with Gasteiger partial charge in [-0.1, -0.05) is 5.21 Å². The Kier molecular flexibility index (Phi) is 3.83. The molecule has 2 aromatic rings.